The van der Waals surface area contributed by atoms with E-state index in [-0.39, 0.29) is 15.7 Å². The highest BCUT2D eigenvalue weighted by Crippen LogP contribution is 2.27. The van der Waals surface area contributed by atoms with Gasteiger partial charge >= 0.3 is 0 Å². The fourth-order valence-electron chi connectivity index (χ4n) is 1.44. The molecule has 0 heterocycles. The van der Waals surface area contributed by atoms with Gasteiger partial charge in [-0.3, -0.25) is 0 Å². The summed E-state index contributed by atoms with van der Waals surface area (Å²) in [6.07, 6.45) is 3.70. The van der Waals surface area contributed by atoms with E-state index in [9.17, 15) is 8.42 Å². The Hall–Kier alpha value is 0.477. The van der Waals surface area contributed by atoms with Crippen LogP contribution in [0.1, 0.15) is 46.5 Å². The summed E-state index contributed by atoms with van der Waals surface area (Å²) in [6.45, 7) is 5.52. The van der Waals surface area contributed by atoms with E-state index < -0.39 is 14.9 Å². The van der Waals surface area contributed by atoms with Crippen LogP contribution in [0.2, 0.25) is 0 Å². The molecule has 3 nitrogen and oxygen atoms in total. The molecule has 0 radical (unpaired) electrons. The molecule has 92 valence electrons. The van der Waals surface area contributed by atoms with E-state index in [0.29, 0.717) is 6.42 Å². The van der Waals surface area contributed by atoms with Crippen molar-refractivity contribution in [3.05, 3.63) is 0 Å². The third-order valence-electron chi connectivity index (χ3n) is 2.51. The van der Waals surface area contributed by atoms with Crippen LogP contribution in [0.4, 0.5) is 0 Å². The second kappa shape index (κ2) is 6.27. The number of thiol groups is 1. The first-order valence-electron chi connectivity index (χ1n) is 5.25. The lowest BCUT2D eigenvalue weighted by Crippen LogP contribution is -2.35. The van der Waals surface area contributed by atoms with E-state index in [1.54, 1.807) is 13.8 Å². The van der Waals surface area contributed by atoms with Crippen molar-refractivity contribution >= 4 is 33.2 Å². The highest BCUT2D eigenvalue weighted by atomic mass is 32.2. The molecule has 0 aliphatic heterocycles. The molecule has 0 aliphatic carbocycles. The molecule has 0 amide bonds. The Bertz CT molecular complexity index is 275. The van der Waals surface area contributed by atoms with E-state index in [1.807, 2.05) is 0 Å². The minimum absolute atomic E-state index is 0.131. The highest BCUT2D eigenvalue weighted by molar-refractivity contribution is 7.88. The first kappa shape index (κ1) is 15.5. The number of unbranched alkanes of at least 4 members (excludes halogenated alkanes) is 1. The maximum Gasteiger partial charge on any atom is 0.262 e. The highest BCUT2D eigenvalue weighted by Gasteiger charge is 2.35. The maximum atomic E-state index is 11.6. The van der Waals surface area contributed by atoms with Crippen LogP contribution < -0.4 is 0 Å². The largest absolute Gasteiger partial charge is 0.327 e. The van der Waals surface area contributed by atoms with Crippen LogP contribution in [0.15, 0.2) is 0 Å². The van der Waals surface area contributed by atoms with Crippen molar-refractivity contribution < 1.29 is 12.3 Å². The Morgan fingerprint density at radius 2 is 2.00 bits per heavy atom. The molecule has 0 saturated heterocycles. The molecule has 1 atom stereocenters. The van der Waals surface area contributed by atoms with E-state index in [4.69, 9.17) is 0 Å². The molecule has 0 aromatic rings. The molecule has 0 rings (SSSR count). The van der Waals surface area contributed by atoms with Crippen molar-refractivity contribution in [3.8, 4) is 0 Å². The molecule has 6 heteroatoms. The van der Waals surface area contributed by atoms with E-state index in [1.165, 1.54) is 0 Å². The first-order valence-corrected chi connectivity index (χ1v) is 7.99. The van der Waals surface area contributed by atoms with Gasteiger partial charge in [-0.15, -0.1) is 0 Å². The van der Waals surface area contributed by atoms with Crippen molar-refractivity contribution in [3.63, 3.8) is 0 Å². The molecule has 0 bridgehead atoms. The average Bonchev–Trinajstić information content (AvgIpc) is 2.13. The fourth-order valence-corrected chi connectivity index (χ4v) is 4.41. The van der Waals surface area contributed by atoms with Crippen molar-refractivity contribution in [1.82, 2.24) is 0 Å². The molecule has 0 fully saturated rings. The van der Waals surface area contributed by atoms with E-state index in [0.717, 1.165) is 19.3 Å². The van der Waals surface area contributed by atoms with Gasteiger partial charge in [0.1, 0.15) is 0 Å². The van der Waals surface area contributed by atoms with Gasteiger partial charge in [-0.2, -0.15) is 21.0 Å². The zero-order valence-corrected chi connectivity index (χ0v) is 13.7. The Morgan fingerprint density at radius 1 is 1.47 bits per heavy atom. The van der Waals surface area contributed by atoms with Crippen molar-refractivity contribution in [1.29, 1.82) is 0 Å². The van der Waals surface area contributed by atoms with Gasteiger partial charge in [0.05, 0.1) is 4.75 Å². The molecule has 1 unspecified atom stereocenters. The fraction of sp³-hybridized carbons (Fsp3) is 1.00. The summed E-state index contributed by atoms with van der Waals surface area (Å²) in [4.78, 5) is 0. The third kappa shape index (κ3) is 4.89. The van der Waals surface area contributed by atoms with Crippen LogP contribution in [0.3, 0.4) is 0 Å². The molecule has 0 aromatic heterocycles. The smallest absolute Gasteiger partial charge is 0.262 e. The topological polar surface area (TPSA) is 43.4 Å². The molecule has 0 aliphatic rings. The summed E-state index contributed by atoms with van der Waals surface area (Å²) in [5.41, 5.74) is 0. The first-order chi connectivity index (χ1) is 6.77. The summed E-state index contributed by atoms with van der Waals surface area (Å²) in [5, 5.41) is 0.131. The Kier molecular flexibility index (Phi) is 6.47. The molecular weight excluding hydrogens is 248 g/mol. The van der Waals surface area contributed by atoms with Crippen molar-refractivity contribution in [2.45, 2.75) is 56.5 Å². The van der Waals surface area contributed by atoms with Gasteiger partial charge in [0.2, 0.25) is 0 Å². The van der Waals surface area contributed by atoms with Crippen LogP contribution in [-0.4, -0.2) is 28.9 Å². The summed E-state index contributed by atoms with van der Waals surface area (Å²) >= 11 is 4.42. The standard InChI is InChI=1S/C9H22O3S2Si/c1-4-5-6-8(13)7-9(2,3)14(10,11)12-15/h8,13H,4-7H2,1-3,15H3. The second-order valence-electron chi connectivity index (χ2n) is 4.38. The Morgan fingerprint density at radius 3 is 2.40 bits per heavy atom. The van der Waals surface area contributed by atoms with Gasteiger partial charge < -0.3 is 3.87 Å². The van der Waals surface area contributed by atoms with Crippen LogP contribution in [0.25, 0.3) is 0 Å². The van der Waals surface area contributed by atoms with E-state index >= 15 is 0 Å². The van der Waals surface area contributed by atoms with Gasteiger partial charge in [0, 0.05) is 5.25 Å². The number of hydrogen-bond donors (Lipinski definition) is 1. The summed E-state index contributed by atoms with van der Waals surface area (Å²) < 4.78 is 27.1. The van der Waals surface area contributed by atoms with Gasteiger partial charge in [-0.05, 0) is 26.7 Å². The summed E-state index contributed by atoms with van der Waals surface area (Å²) in [7, 11) is -3.19. The molecule has 15 heavy (non-hydrogen) atoms. The quantitative estimate of drug-likeness (QED) is 0.560. The van der Waals surface area contributed by atoms with Gasteiger partial charge in [0.25, 0.3) is 10.1 Å². The van der Waals surface area contributed by atoms with E-state index in [2.05, 4.69) is 23.4 Å². The lowest BCUT2D eigenvalue weighted by molar-refractivity contribution is 0.444. The SMILES string of the molecule is CCCCC(S)CC(C)(C)S(=O)(=O)O[SiH3]. The number of hydrogen-bond acceptors (Lipinski definition) is 4. The van der Waals surface area contributed by atoms with Crippen molar-refractivity contribution in [2.75, 3.05) is 0 Å². The Balaban J connectivity index is 4.38. The molecular formula is C9H22O3S2Si. The molecule has 0 saturated carbocycles. The third-order valence-corrected chi connectivity index (χ3v) is 6.23. The van der Waals surface area contributed by atoms with Crippen molar-refractivity contribution in [2.24, 2.45) is 0 Å². The maximum absolute atomic E-state index is 11.6. The zero-order chi connectivity index (χ0) is 12.1. The second-order valence-corrected chi connectivity index (χ2v) is 8.46. The van der Waals surface area contributed by atoms with Crippen LogP contribution >= 0.6 is 12.6 Å². The van der Waals surface area contributed by atoms with Gasteiger partial charge in [-0.1, -0.05) is 19.8 Å². The molecule has 0 N–H and O–H groups in total. The zero-order valence-electron chi connectivity index (χ0n) is 9.99. The Labute approximate surface area is 102 Å². The van der Waals surface area contributed by atoms with Crippen LogP contribution in [-0.2, 0) is 14.0 Å². The van der Waals surface area contributed by atoms with Gasteiger partial charge in [-0.25, -0.2) is 0 Å². The average molecular weight is 270 g/mol. The normalized spacial score (nSPS) is 15.5. The minimum atomic E-state index is -3.40. The van der Waals surface area contributed by atoms with Gasteiger partial charge in [0.15, 0.2) is 10.5 Å². The van der Waals surface area contributed by atoms with Crippen LogP contribution in [0, 0.1) is 0 Å². The lowest BCUT2D eigenvalue weighted by Gasteiger charge is -2.26. The molecule has 0 spiro atoms. The predicted octanol–water partition coefficient (Wildman–Crippen LogP) is 1.27. The predicted molar refractivity (Wildman–Crippen MR) is 70.9 cm³/mol. The lowest BCUT2D eigenvalue weighted by atomic mass is 10.0. The summed E-state index contributed by atoms with van der Waals surface area (Å²) in [6, 6.07) is 0. The minimum Gasteiger partial charge on any atom is -0.327 e. The summed E-state index contributed by atoms with van der Waals surface area (Å²) in [5.74, 6) is 0. The van der Waals surface area contributed by atoms with Crippen LogP contribution in [0.5, 0.6) is 0 Å². The monoisotopic (exact) mass is 270 g/mol. The number of rotatable bonds is 7. The molecule has 0 aromatic carbocycles.